The van der Waals surface area contributed by atoms with Crippen LogP contribution in [0.15, 0.2) is 35.2 Å². The van der Waals surface area contributed by atoms with Crippen LogP contribution < -0.4 is 10.0 Å². The molecule has 0 atom stereocenters. The van der Waals surface area contributed by atoms with E-state index in [2.05, 4.69) is 10.0 Å². The van der Waals surface area contributed by atoms with E-state index in [9.17, 15) is 28.5 Å². The summed E-state index contributed by atoms with van der Waals surface area (Å²) in [5, 5.41) is 31.7. The number of carbonyl (C=O) groups is 1. The Morgan fingerprint density at radius 1 is 1.08 bits per heavy atom. The minimum atomic E-state index is -3.70. The molecular formula is C16H14N2O6S. The van der Waals surface area contributed by atoms with Crippen molar-refractivity contribution in [3.8, 4) is 17.2 Å². The van der Waals surface area contributed by atoms with E-state index < -0.39 is 27.4 Å². The summed E-state index contributed by atoms with van der Waals surface area (Å²) in [5.74, 6) is -1.70. The van der Waals surface area contributed by atoms with Gasteiger partial charge in [-0.1, -0.05) is 0 Å². The van der Waals surface area contributed by atoms with Gasteiger partial charge in [0, 0.05) is 29.0 Å². The van der Waals surface area contributed by atoms with Gasteiger partial charge in [-0.3, -0.25) is 4.79 Å². The first kappa shape index (κ1) is 16.8. The number of hydrogen-bond acceptors (Lipinski definition) is 6. The van der Waals surface area contributed by atoms with Gasteiger partial charge in [-0.05, 0) is 31.3 Å². The zero-order valence-corrected chi connectivity index (χ0v) is 13.8. The Morgan fingerprint density at radius 2 is 1.72 bits per heavy atom. The van der Waals surface area contributed by atoms with E-state index in [1.807, 2.05) is 0 Å². The standard InChI is InChI=1S/C16H14N2O6S/c1-17-25(23,24)9-2-3-13-10(6-9)11(16(22)18-13)7-12-14(20)4-8(19)5-15(12)21/h2-7,17,19-21H,1H3,(H,18,22). The van der Waals surface area contributed by atoms with Gasteiger partial charge in [0.05, 0.1) is 10.5 Å². The number of rotatable bonds is 3. The lowest BCUT2D eigenvalue weighted by Crippen LogP contribution is -2.18. The van der Waals surface area contributed by atoms with E-state index in [0.29, 0.717) is 11.3 Å². The molecule has 5 N–H and O–H groups in total. The lowest BCUT2D eigenvalue weighted by molar-refractivity contribution is -0.110. The third kappa shape index (κ3) is 2.90. The van der Waals surface area contributed by atoms with Gasteiger partial charge < -0.3 is 20.6 Å². The van der Waals surface area contributed by atoms with Gasteiger partial charge in [0.15, 0.2) is 0 Å². The Labute approximate surface area is 143 Å². The van der Waals surface area contributed by atoms with Gasteiger partial charge in [0.1, 0.15) is 17.2 Å². The molecule has 0 bridgehead atoms. The van der Waals surface area contributed by atoms with Gasteiger partial charge in [-0.25, -0.2) is 13.1 Å². The molecule has 0 aromatic heterocycles. The highest BCUT2D eigenvalue weighted by atomic mass is 32.2. The highest BCUT2D eigenvalue weighted by Crippen LogP contribution is 2.39. The molecule has 1 aliphatic rings. The molecule has 25 heavy (non-hydrogen) atoms. The minimum absolute atomic E-state index is 0.0321. The highest BCUT2D eigenvalue weighted by molar-refractivity contribution is 7.89. The number of phenols is 3. The predicted octanol–water partition coefficient (Wildman–Crippen LogP) is 1.20. The Kier molecular flexibility index (Phi) is 3.90. The largest absolute Gasteiger partial charge is 0.508 e. The smallest absolute Gasteiger partial charge is 0.256 e. The molecular weight excluding hydrogens is 348 g/mol. The molecule has 0 spiro atoms. The molecule has 9 heteroatoms. The minimum Gasteiger partial charge on any atom is -0.508 e. The topological polar surface area (TPSA) is 136 Å². The Morgan fingerprint density at radius 3 is 2.32 bits per heavy atom. The summed E-state index contributed by atoms with van der Waals surface area (Å²) in [6, 6.07) is 6.15. The van der Waals surface area contributed by atoms with Crippen LogP contribution in [0.5, 0.6) is 17.2 Å². The molecule has 0 saturated carbocycles. The molecule has 2 aromatic carbocycles. The van der Waals surface area contributed by atoms with Crippen LogP contribution in [-0.4, -0.2) is 36.7 Å². The molecule has 1 heterocycles. The van der Waals surface area contributed by atoms with Crippen LogP contribution in [0.1, 0.15) is 11.1 Å². The number of sulfonamides is 1. The predicted molar refractivity (Wildman–Crippen MR) is 90.6 cm³/mol. The number of aromatic hydroxyl groups is 3. The first-order valence-corrected chi connectivity index (χ1v) is 8.57. The summed E-state index contributed by atoms with van der Waals surface area (Å²) >= 11 is 0. The van der Waals surface area contributed by atoms with E-state index in [1.54, 1.807) is 0 Å². The van der Waals surface area contributed by atoms with Crippen molar-refractivity contribution in [3.63, 3.8) is 0 Å². The molecule has 0 fully saturated rings. The molecule has 2 aromatic rings. The number of carbonyl (C=O) groups excluding carboxylic acids is 1. The van der Waals surface area contributed by atoms with Crippen LogP contribution in [0.2, 0.25) is 0 Å². The number of nitrogens with one attached hydrogen (secondary N) is 2. The molecule has 1 aliphatic heterocycles. The second-order valence-electron chi connectivity index (χ2n) is 5.32. The van der Waals surface area contributed by atoms with Gasteiger partial charge in [0.25, 0.3) is 5.91 Å². The van der Waals surface area contributed by atoms with Crippen LogP contribution in [0.25, 0.3) is 11.6 Å². The van der Waals surface area contributed by atoms with Crippen LogP contribution in [0.3, 0.4) is 0 Å². The van der Waals surface area contributed by atoms with Crippen molar-refractivity contribution in [2.45, 2.75) is 4.90 Å². The first-order valence-electron chi connectivity index (χ1n) is 7.09. The van der Waals surface area contributed by atoms with Gasteiger partial charge in [-0.15, -0.1) is 0 Å². The van der Waals surface area contributed by atoms with Gasteiger partial charge >= 0.3 is 0 Å². The lowest BCUT2D eigenvalue weighted by Gasteiger charge is -2.07. The maximum atomic E-state index is 12.2. The van der Waals surface area contributed by atoms with E-state index in [4.69, 9.17) is 0 Å². The van der Waals surface area contributed by atoms with Crippen molar-refractivity contribution in [2.75, 3.05) is 12.4 Å². The SMILES string of the molecule is CNS(=O)(=O)c1ccc2c(c1)C(=Cc1c(O)cc(O)cc1O)C(=O)N2. The zero-order valence-electron chi connectivity index (χ0n) is 12.9. The summed E-state index contributed by atoms with van der Waals surface area (Å²) in [7, 11) is -2.43. The maximum absolute atomic E-state index is 12.2. The van der Waals surface area contributed by atoms with Crippen molar-refractivity contribution in [1.82, 2.24) is 4.72 Å². The Balaban J connectivity index is 2.18. The van der Waals surface area contributed by atoms with Crippen molar-refractivity contribution < 1.29 is 28.5 Å². The average Bonchev–Trinajstić information content (AvgIpc) is 2.85. The highest BCUT2D eigenvalue weighted by Gasteiger charge is 2.27. The van der Waals surface area contributed by atoms with Gasteiger partial charge in [-0.2, -0.15) is 0 Å². The number of anilines is 1. The summed E-state index contributed by atoms with van der Waals surface area (Å²) in [5.41, 5.74) is 0.717. The van der Waals surface area contributed by atoms with Gasteiger partial charge in [0.2, 0.25) is 10.0 Å². The molecule has 8 nitrogen and oxygen atoms in total. The van der Waals surface area contributed by atoms with Crippen molar-refractivity contribution in [2.24, 2.45) is 0 Å². The number of phenolic OH excluding ortho intramolecular Hbond substituents is 3. The van der Waals surface area contributed by atoms with Crippen LogP contribution in [0, 0.1) is 0 Å². The van der Waals surface area contributed by atoms with Crippen molar-refractivity contribution in [1.29, 1.82) is 0 Å². The Hall–Kier alpha value is -3.04. The number of hydrogen-bond donors (Lipinski definition) is 5. The third-order valence-electron chi connectivity index (χ3n) is 3.76. The molecule has 0 unspecified atom stereocenters. The summed E-state index contributed by atoms with van der Waals surface area (Å²) < 4.78 is 26.1. The van der Waals surface area contributed by atoms with E-state index in [0.717, 1.165) is 12.1 Å². The molecule has 130 valence electrons. The quantitative estimate of drug-likeness (QED) is 0.521. The van der Waals surface area contributed by atoms with Crippen molar-refractivity contribution in [3.05, 3.63) is 41.5 Å². The molecule has 0 aliphatic carbocycles. The number of benzene rings is 2. The van der Waals surface area contributed by atoms with Crippen LogP contribution in [0.4, 0.5) is 5.69 Å². The second-order valence-corrected chi connectivity index (χ2v) is 7.21. The second kappa shape index (κ2) is 5.80. The van der Waals surface area contributed by atoms with E-state index >= 15 is 0 Å². The first-order chi connectivity index (χ1) is 11.7. The lowest BCUT2D eigenvalue weighted by atomic mass is 10.0. The normalized spacial score (nSPS) is 15.2. The summed E-state index contributed by atoms with van der Waals surface area (Å²) in [6.07, 6.45) is 1.22. The number of amides is 1. The third-order valence-corrected chi connectivity index (χ3v) is 5.17. The van der Waals surface area contributed by atoms with E-state index in [1.165, 1.54) is 31.3 Å². The molecule has 3 rings (SSSR count). The monoisotopic (exact) mass is 362 g/mol. The summed E-state index contributed by atoms with van der Waals surface area (Å²) in [4.78, 5) is 12.2. The van der Waals surface area contributed by atoms with E-state index in [-0.39, 0.29) is 21.8 Å². The zero-order chi connectivity index (χ0) is 18.4. The van der Waals surface area contributed by atoms with Crippen LogP contribution >= 0.6 is 0 Å². The van der Waals surface area contributed by atoms with Crippen LogP contribution in [-0.2, 0) is 14.8 Å². The average molecular weight is 362 g/mol. The van der Waals surface area contributed by atoms with Crippen molar-refractivity contribution >= 4 is 33.3 Å². The Bertz CT molecular complexity index is 1000. The maximum Gasteiger partial charge on any atom is 0.256 e. The fourth-order valence-corrected chi connectivity index (χ4v) is 3.25. The fraction of sp³-hybridized carbons (Fsp3) is 0.0625. The fourth-order valence-electron chi connectivity index (χ4n) is 2.50. The molecule has 1 amide bonds. The summed E-state index contributed by atoms with van der Waals surface area (Å²) in [6.45, 7) is 0. The number of fused-ring (bicyclic) bond motifs is 1. The molecule has 0 radical (unpaired) electrons. The molecule has 0 saturated heterocycles.